The maximum Gasteiger partial charge on any atom is 0.410 e. The van der Waals surface area contributed by atoms with Crippen LogP contribution < -0.4 is 5.32 Å². The molecule has 20 heavy (non-hydrogen) atoms. The Morgan fingerprint density at radius 1 is 1.30 bits per heavy atom. The third kappa shape index (κ3) is 4.11. The highest BCUT2D eigenvalue weighted by atomic mass is 16.6. The van der Waals surface area contributed by atoms with Crippen LogP contribution >= 0.6 is 0 Å². The van der Waals surface area contributed by atoms with Crippen LogP contribution in [0.3, 0.4) is 0 Å². The van der Waals surface area contributed by atoms with E-state index in [-0.39, 0.29) is 5.91 Å². The zero-order valence-electron chi connectivity index (χ0n) is 12.6. The van der Waals surface area contributed by atoms with Crippen LogP contribution in [-0.4, -0.2) is 54.2 Å². The van der Waals surface area contributed by atoms with Crippen molar-refractivity contribution >= 4 is 18.0 Å². The number of carbonyl (C=O) groups is 3. The number of rotatable bonds is 3. The number of nitrogens with zero attached hydrogens (tertiary/aromatic N) is 1. The summed E-state index contributed by atoms with van der Waals surface area (Å²) in [5, 5.41) is 2.52. The monoisotopic (exact) mass is 286 g/mol. The highest BCUT2D eigenvalue weighted by molar-refractivity contribution is 5.90. The predicted octanol–water partition coefficient (Wildman–Crippen LogP) is 0.673. The molecule has 7 nitrogen and oxygen atoms in total. The Bertz CT molecular complexity index is 402. The smallest absolute Gasteiger partial charge is 0.410 e. The molecule has 1 heterocycles. The van der Waals surface area contributed by atoms with E-state index in [4.69, 9.17) is 4.74 Å². The zero-order chi connectivity index (χ0) is 15.5. The molecule has 1 rings (SSSR count). The Morgan fingerprint density at radius 3 is 2.30 bits per heavy atom. The molecule has 1 aliphatic heterocycles. The number of ether oxygens (including phenoxy) is 2. The van der Waals surface area contributed by atoms with Crippen LogP contribution in [0.25, 0.3) is 0 Å². The summed E-state index contributed by atoms with van der Waals surface area (Å²) in [5.41, 5.74) is -0.604. The first kappa shape index (κ1) is 16.3. The van der Waals surface area contributed by atoms with Gasteiger partial charge in [0.1, 0.15) is 17.7 Å². The lowest BCUT2D eigenvalue weighted by Gasteiger charge is -2.40. The molecule has 0 aliphatic carbocycles. The molecule has 1 fully saturated rings. The fraction of sp³-hybridized carbons (Fsp3) is 0.769. The standard InChI is InChI=1S/C13H22N2O5/c1-8(11(17)19-5)14-10(16)9-6-7-15(9)12(18)20-13(2,3)4/h8-9H,6-7H2,1-5H3,(H,14,16)/t8-,9-/m0/s1. The first-order chi connectivity index (χ1) is 9.15. The van der Waals surface area contributed by atoms with Crippen LogP contribution in [0.1, 0.15) is 34.1 Å². The summed E-state index contributed by atoms with van der Waals surface area (Å²) in [6.45, 7) is 7.29. The van der Waals surface area contributed by atoms with Crippen LogP contribution in [0.2, 0.25) is 0 Å². The van der Waals surface area contributed by atoms with Gasteiger partial charge in [0.2, 0.25) is 5.91 Å². The Labute approximate surface area is 118 Å². The Hall–Kier alpha value is -1.79. The topological polar surface area (TPSA) is 84.9 Å². The van der Waals surface area contributed by atoms with Crippen LogP contribution in [0.5, 0.6) is 0 Å². The quantitative estimate of drug-likeness (QED) is 0.771. The third-order valence-corrected chi connectivity index (χ3v) is 2.86. The van der Waals surface area contributed by atoms with Gasteiger partial charge in [-0.15, -0.1) is 0 Å². The summed E-state index contributed by atoms with van der Waals surface area (Å²) in [7, 11) is 1.25. The molecule has 0 unspecified atom stereocenters. The van der Waals surface area contributed by atoms with E-state index >= 15 is 0 Å². The van der Waals surface area contributed by atoms with Gasteiger partial charge in [0.05, 0.1) is 7.11 Å². The lowest BCUT2D eigenvalue weighted by Crippen LogP contribution is -2.60. The summed E-state index contributed by atoms with van der Waals surface area (Å²) in [4.78, 5) is 36.4. The van der Waals surface area contributed by atoms with Gasteiger partial charge in [-0.1, -0.05) is 0 Å². The third-order valence-electron chi connectivity index (χ3n) is 2.86. The van der Waals surface area contributed by atoms with Gasteiger partial charge in [-0.05, 0) is 34.1 Å². The molecule has 2 atom stereocenters. The van der Waals surface area contributed by atoms with Gasteiger partial charge in [0.15, 0.2) is 0 Å². The average molecular weight is 286 g/mol. The van der Waals surface area contributed by atoms with Crippen molar-refractivity contribution < 1.29 is 23.9 Å². The molecule has 0 aromatic rings. The zero-order valence-corrected chi connectivity index (χ0v) is 12.6. The number of nitrogens with one attached hydrogen (secondary N) is 1. The molecule has 0 saturated carbocycles. The molecule has 0 aromatic carbocycles. The van der Waals surface area contributed by atoms with Crippen molar-refractivity contribution in [2.45, 2.75) is 51.8 Å². The maximum absolute atomic E-state index is 12.0. The summed E-state index contributed by atoms with van der Waals surface area (Å²) in [6.07, 6.45) is 0.0357. The van der Waals surface area contributed by atoms with Crippen molar-refractivity contribution in [3.8, 4) is 0 Å². The van der Waals surface area contributed by atoms with E-state index in [1.54, 1.807) is 20.8 Å². The molecule has 2 amide bonds. The Balaban J connectivity index is 2.54. The second-order valence-electron chi connectivity index (χ2n) is 5.73. The molecule has 0 aromatic heterocycles. The van der Waals surface area contributed by atoms with Gasteiger partial charge in [-0.25, -0.2) is 9.59 Å². The van der Waals surface area contributed by atoms with Crippen LogP contribution in [0.4, 0.5) is 4.79 Å². The summed E-state index contributed by atoms with van der Waals surface area (Å²) in [5.74, 6) is -0.901. The minimum Gasteiger partial charge on any atom is -0.467 e. The summed E-state index contributed by atoms with van der Waals surface area (Å²) >= 11 is 0. The van der Waals surface area contributed by atoms with Crippen LogP contribution in [0.15, 0.2) is 0 Å². The van der Waals surface area contributed by atoms with E-state index < -0.39 is 29.7 Å². The second kappa shape index (κ2) is 6.11. The molecule has 1 N–H and O–H groups in total. The maximum atomic E-state index is 12.0. The number of hydrogen-bond acceptors (Lipinski definition) is 5. The van der Waals surface area contributed by atoms with Crippen LogP contribution in [0, 0.1) is 0 Å². The van der Waals surface area contributed by atoms with Gasteiger partial charge < -0.3 is 14.8 Å². The Kier molecular flexibility index (Phi) is 4.97. The van der Waals surface area contributed by atoms with Gasteiger partial charge in [-0.2, -0.15) is 0 Å². The SMILES string of the molecule is COC(=O)[C@H](C)NC(=O)[C@@H]1CCN1C(=O)OC(C)(C)C. The number of carbonyl (C=O) groups excluding carboxylic acids is 3. The molecular formula is C13H22N2O5. The lowest BCUT2D eigenvalue weighted by atomic mass is 10.0. The van der Waals surface area contributed by atoms with Gasteiger partial charge >= 0.3 is 12.1 Å². The highest BCUT2D eigenvalue weighted by Gasteiger charge is 2.40. The fourth-order valence-electron chi connectivity index (χ4n) is 1.74. The first-order valence-corrected chi connectivity index (χ1v) is 6.53. The normalized spacial score (nSPS) is 19.6. The van der Waals surface area contributed by atoms with E-state index in [0.29, 0.717) is 13.0 Å². The van der Waals surface area contributed by atoms with E-state index in [2.05, 4.69) is 10.1 Å². The summed E-state index contributed by atoms with van der Waals surface area (Å²) < 4.78 is 9.74. The molecular weight excluding hydrogens is 264 g/mol. The molecule has 0 radical (unpaired) electrons. The average Bonchev–Trinajstić information content (AvgIpc) is 2.23. The van der Waals surface area contributed by atoms with E-state index in [1.807, 2.05) is 0 Å². The van der Waals surface area contributed by atoms with Gasteiger partial charge in [-0.3, -0.25) is 9.69 Å². The van der Waals surface area contributed by atoms with Crippen molar-refractivity contribution in [3.05, 3.63) is 0 Å². The van der Waals surface area contributed by atoms with Crippen molar-refractivity contribution in [2.75, 3.05) is 13.7 Å². The minimum atomic E-state index is -0.742. The molecule has 1 saturated heterocycles. The van der Waals surface area contributed by atoms with Crippen LogP contribution in [-0.2, 0) is 19.1 Å². The number of esters is 1. The number of hydrogen-bond donors (Lipinski definition) is 1. The number of methoxy groups -OCH3 is 1. The number of amides is 2. The number of likely N-dealkylation sites (tertiary alicyclic amines) is 1. The fourth-order valence-corrected chi connectivity index (χ4v) is 1.74. The largest absolute Gasteiger partial charge is 0.467 e. The summed E-state index contributed by atoms with van der Waals surface area (Å²) in [6, 6.07) is -1.33. The Morgan fingerprint density at radius 2 is 1.90 bits per heavy atom. The van der Waals surface area contributed by atoms with Crippen molar-refractivity contribution in [1.82, 2.24) is 10.2 Å². The predicted molar refractivity (Wildman–Crippen MR) is 71.0 cm³/mol. The molecule has 7 heteroatoms. The van der Waals surface area contributed by atoms with Crippen molar-refractivity contribution in [3.63, 3.8) is 0 Å². The molecule has 1 aliphatic rings. The molecule has 114 valence electrons. The second-order valence-corrected chi connectivity index (χ2v) is 5.73. The first-order valence-electron chi connectivity index (χ1n) is 6.53. The molecule has 0 spiro atoms. The molecule has 0 bridgehead atoms. The van der Waals surface area contributed by atoms with E-state index in [0.717, 1.165) is 0 Å². The lowest BCUT2D eigenvalue weighted by molar-refractivity contribution is -0.145. The highest BCUT2D eigenvalue weighted by Crippen LogP contribution is 2.21. The van der Waals surface area contributed by atoms with Gasteiger partial charge in [0, 0.05) is 6.54 Å². The minimum absolute atomic E-state index is 0.375. The van der Waals surface area contributed by atoms with Crippen molar-refractivity contribution in [2.24, 2.45) is 0 Å². The van der Waals surface area contributed by atoms with E-state index in [9.17, 15) is 14.4 Å². The van der Waals surface area contributed by atoms with Gasteiger partial charge in [0.25, 0.3) is 0 Å². The van der Waals surface area contributed by atoms with E-state index in [1.165, 1.54) is 18.9 Å². The van der Waals surface area contributed by atoms with Crippen molar-refractivity contribution in [1.29, 1.82) is 0 Å².